The molecule has 0 amide bonds. The summed E-state index contributed by atoms with van der Waals surface area (Å²) < 4.78 is 4.89. The first kappa shape index (κ1) is 36.8. The van der Waals surface area contributed by atoms with Crippen LogP contribution in [0.25, 0.3) is 55.0 Å². The van der Waals surface area contributed by atoms with Gasteiger partial charge in [0.25, 0.3) is 0 Å². The van der Waals surface area contributed by atoms with Gasteiger partial charge in [0.2, 0.25) is 0 Å². The normalized spacial score (nSPS) is 14.8. The Hall–Kier alpha value is -7.82. The van der Waals surface area contributed by atoms with E-state index in [2.05, 4.69) is 253 Å². The number of benzene rings is 9. The van der Waals surface area contributed by atoms with E-state index in [4.69, 9.17) is 0 Å². The van der Waals surface area contributed by atoms with Gasteiger partial charge in [-0.25, -0.2) is 0 Å². The van der Waals surface area contributed by atoms with Gasteiger partial charge in [0.1, 0.15) is 0 Å². The lowest BCUT2D eigenvalue weighted by Gasteiger charge is -2.47. The monoisotopic (exact) mass is 822 g/mol. The van der Waals surface area contributed by atoms with Crippen molar-refractivity contribution in [2.24, 2.45) is 0 Å². The highest BCUT2D eigenvalue weighted by Crippen LogP contribution is 2.59. The van der Waals surface area contributed by atoms with E-state index in [1.54, 1.807) is 0 Å². The molecule has 64 heavy (non-hydrogen) atoms. The second-order valence-corrected chi connectivity index (χ2v) is 18.6. The molecule has 11 aromatic rings. The van der Waals surface area contributed by atoms with Crippen molar-refractivity contribution in [1.82, 2.24) is 9.13 Å². The molecule has 0 aliphatic carbocycles. The van der Waals surface area contributed by atoms with Gasteiger partial charge in [0, 0.05) is 55.1 Å². The number of rotatable bonds is 4. The molecule has 4 nitrogen and oxygen atoms in total. The average Bonchev–Trinajstić information content (AvgIpc) is 3.85. The predicted octanol–water partition coefficient (Wildman–Crippen LogP) is 16.1. The van der Waals surface area contributed by atoms with Crippen molar-refractivity contribution in [3.05, 3.63) is 229 Å². The molecular weight excluding hydrogens is 777 g/mol. The van der Waals surface area contributed by atoms with Crippen molar-refractivity contribution in [2.75, 3.05) is 9.80 Å². The maximum atomic E-state index is 2.52. The lowest BCUT2D eigenvalue weighted by Crippen LogP contribution is -2.35. The third-order valence-electron chi connectivity index (χ3n) is 14.4. The van der Waals surface area contributed by atoms with Crippen LogP contribution < -0.4 is 9.80 Å². The van der Waals surface area contributed by atoms with E-state index in [0.29, 0.717) is 0 Å². The Morgan fingerprint density at radius 1 is 0.266 bits per heavy atom. The lowest BCUT2D eigenvalue weighted by atomic mass is 9.68. The number of aromatic nitrogens is 2. The van der Waals surface area contributed by atoms with Crippen LogP contribution in [0.15, 0.2) is 206 Å². The van der Waals surface area contributed by atoms with Gasteiger partial charge < -0.3 is 18.9 Å². The molecule has 2 aromatic heterocycles. The molecule has 0 fully saturated rings. The zero-order chi connectivity index (χ0) is 42.9. The van der Waals surface area contributed by atoms with Crippen LogP contribution in [0.2, 0.25) is 0 Å². The van der Waals surface area contributed by atoms with E-state index >= 15 is 0 Å². The lowest BCUT2D eigenvalue weighted by molar-refractivity contribution is 0.615. The van der Waals surface area contributed by atoms with Gasteiger partial charge in [-0.05, 0) is 119 Å². The third-order valence-corrected chi connectivity index (χ3v) is 14.4. The minimum Gasteiger partial charge on any atom is -0.310 e. The van der Waals surface area contributed by atoms with Gasteiger partial charge in [-0.15, -0.1) is 0 Å². The number of nitrogens with zero attached hydrogens (tertiary/aromatic N) is 4. The Kier molecular flexibility index (Phi) is 7.67. The van der Waals surface area contributed by atoms with Crippen LogP contribution in [-0.2, 0) is 10.8 Å². The smallest absolute Gasteiger partial charge is 0.0541 e. The van der Waals surface area contributed by atoms with E-state index in [-0.39, 0.29) is 10.8 Å². The van der Waals surface area contributed by atoms with Crippen molar-refractivity contribution in [1.29, 1.82) is 0 Å². The van der Waals surface area contributed by atoms with Crippen LogP contribution in [0, 0.1) is 0 Å². The van der Waals surface area contributed by atoms with Gasteiger partial charge in [0.05, 0.1) is 44.8 Å². The average molecular weight is 823 g/mol. The summed E-state index contributed by atoms with van der Waals surface area (Å²) in [7, 11) is 0. The van der Waals surface area contributed by atoms with Gasteiger partial charge in [-0.2, -0.15) is 0 Å². The second kappa shape index (κ2) is 13.3. The molecule has 9 aromatic carbocycles. The number of hydrogen-bond acceptors (Lipinski definition) is 2. The zero-order valence-electron chi connectivity index (χ0n) is 36.4. The number of para-hydroxylation sites is 6. The molecule has 0 spiro atoms. The molecule has 0 atom stereocenters. The molecule has 4 heterocycles. The topological polar surface area (TPSA) is 16.3 Å². The highest BCUT2D eigenvalue weighted by Gasteiger charge is 2.43. The van der Waals surface area contributed by atoms with Crippen LogP contribution in [-0.4, -0.2) is 9.13 Å². The first-order chi connectivity index (χ1) is 31.3. The Morgan fingerprint density at radius 2 is 0.562 bits per heavy atom. The van der Waals surface area contributed by atoms with Gasteiger partial charge >= 0.3 is 0 Å². The fourth-order valence-corrected chi connectivity index (χ4v) is 11.3. The summed E-state index contributed by atoms with van der Waals surface area (Å²) in [5, 5.41) is 5.07. The Morgan fingerprint density at radius 3 is 0.906 bits per heavy atom. The molecule has 0 unspecified atom stereocenters. The van der Waals surface area contributed by atoms with Crippen LogP contribution >= 0.6 is 0 Å². The molecule has 0 bridgehead atoms. The SMILES string of the molecule is CC1(C)c2cc(-n3c4ccccc4c4ccccc43)ccc2N(c2ccccc2)c2cc3c(cc21)N(c1ccccc1)c1ccc(-n2c4ccccc4c4ccccc42)cc1C3(C)C. The maximum Gasteiger partial charge on any atom is 0.0541 e. The minimum absolute atomic E-state index is 0.354. The van der Waals surface area contributed by atoms with Gasteiger partial charge in [-0.1, -0.05) is 137 Å². The van der Waals surface area contributed by atoms with Crippen molar-refractivity contribution < 1.29 is 0 Å². The van der Waals surface area contributed by atoms with Crippen LogP contribution in [0.5, 0.6) is 0 Å². The number of fused-ring (bicyclic) bond motifs is 10. The summed E-state index contributed by atoms with van der Waals surface area (Å²) in [5.41, 5.74) is 18.8. The molecule has 306 valence electrons. The molecular formula is C60H46N4. The number of anilines is 6. The fraction of sp³-hybridized carbons (Fsp3) is 0.100. The van der Waals surface area contributed by atoms with Crippen molar-refractivity contribution in [2.45, 2.75) is 38.5 Å². The van der Waals surface area contributed by atoms with E-state index in [9.17, 15) is 0 Å². The summed E-state index contributed by atoms with van der Waals surface area (Å²) in [6.07, 6.45) is 0. The quantitative estimate of drug-likeness (QED) is 0.176. The van der Waals surface area contributed by atoms with Crippen LogP contribution in [0.1, 0.15) is 49.9 Å². The van der Waals surface area contributed by atoms with Crippen molar-refractivity contribution in [3.63, 3.8) is 0 Å². The fourth-order valence-electron chi connectivity index (χ4n) is 11.3. The zero-order valence-corrected chi connectivity index (χ0v) is 36.4. The van der Waals surface area contributed by atoms with E-state index in [1.807, 2.05) is 0 Å². The maximum absolute atomic E-state index is 2.52. The molecule has 13 rings (SSSR count). The Balaban J connectivity index is 1.05. The third kappa shape index (κ3) is 5.05. The second-order valence-electron chi connectivity index (χ2n) is 18.6. The summed E-state index contributed by atoms with van der Waals surface area (Å²) in [4.78, 5) is 5.03. The van der Waals surface area contributed by atoms with E-state index in [0.717, 1.165) is 11.4 Å². The minimum atomic E-state index is -0.354. The molecule has 2 aliphatic heterocycles. The molecule has 0 saturated heterocycles. The first-order valence-corrected chi connectivity index (χ1v) is 22.4. The molecule has 0 radical (unpaired) electrons. The first-order valence-electron chi connectivity index (χ1n) is 22.4. The molecule has 0 N–H and O–H groups in total. The molecule has 4 heteroatoms. The predicted molar refractivity (Wildman–Crippen MR) is 269 cm³/mol. The highest BCUT2D eigenvalue weighted by atomic mass is 15.2. The standard InChI is InChI=1S/C60H46N4/c1-59(2)47-35-41(63-51-27-15-11-23-43(51)44-24-12-16-28-52(44)63)31-33-55(47)61(39-19-7-5-8-20-39)57-38-50-58(37-49(57)59)62(40-21-9-6-10-22-40)56-34-32-42(36-48(56)60(50,3)4)64-53-29-17-13-25-45(53)46-26-14-18-30-54(46)64/h5-38H,1-4H3. The van der Waals surface area contributed by atoms with Crippen molar-refractivity contribution in [3.8, 4) is 11.4 Å². The van der Waals surface area contributed by atoms with Gasteiger partial charge in [0.15, 0.2) is 0 Å². The van der Waals surface area contributed by atoms with E-state index in [1.165, 1.54) is 100.0 Å². The number of hydrogen-bond donors (Lipinski definition) is 0. The van der Waals surface area contributed by atoms with Crippen LogP contribution in [0.3, 0.4) is 0 Å². The Labute approximate surface area is 373 Å². The van der Waals surface area contributed by atoms with Gasteiger partial charge in [-0.3, -0.25) is 0 Å². The van der Waals surface area contributed by atoms with Crippen LogP contribution in [0.4, 0.5) is 34.1 Å². The largest absolute Gasteiger partial charge is 0.310 e. The summed E-state index contributed by atoms with van der Waals surface area (Å²) >= 11 is 0. The summed E-state index contributed by atoms with van der Waals surface area (Å²) in [6, 6.07) is 76.4. The van der Waals surface area contributed by atoms with E-state index < -0.39 is 0 Å². The Bertz CT molecular complexity index is 3330. The summed E-state index contributed by atoms with van der Waals surface area (Å²) in [5.74, 6) is 0. The molecule has 0 saturated carbocycles. The summed E-state index contributed by atoms with van der Waals surface area (Å²) in [6.45, 7) is 9.67. The van der Waals surface area contributed by atoms with Crippen molar-refractivity contribution >= 4 is 77.7 Å². The highest BCUT2D eigenvalue weighted by molar-refractivity contribution is 6.10. The molecule has 2 aliphatic rings.